The van der Waals surface area contributed by atoms with E-state index in [1.54, 1.807) is 6.20 Å². The molecule has 3 aromatic rings. The van der Waals surface area contributed by atoms with Crippen LogP contribution >= 0.6 is 35.0 Å². The highest BCUT2D eigenvalue weighted by Crippen LogP contribution is 2.36. The van der Waals surface area contributed by atoms with Crippen LogP contribution < -0.4 is 5.73 Å². The molecule has 0 aliphatic carbocycles. The molecule has 3 nitrogen and oxygen atoms in total. The molecule has 0 spiro atoms. The Balaban J connectivity index is 1.64. The van der Waals surface area contributed by atoms with Crippen LogP contribution in [0.2, 0.25) is 10.2 Å². The quantitative estimate of drug-likeness (QED) is 0.371. The van der Waals surface area contributed by atoms with Crippen LogP contribution in [0.15, 0.2) is 64.8 Å². The third kappa shape index (κ3) is 5.73. The van der Waals surface area contributed by atoms with Gasteiger partial charge in [0.1, 0.15) is 10.2 Å². The van der Waals surface area contributed by atoms with Crippen molar-refractivity contribution >= 4 is 35.0 Å². The molecule has 6 heteroatoms. The average Bonchev–Trinajstić information content (AvgIpc) is 2.73. The van der Waals surface area contributed by atoms with Crippen molar-refractivity contribution in [2.75, 3.05) is 0 Å². The Hall–Kier alpha value is -1.59. The third-order valence-corrected chi connectivity index (χ3v) is 7.05. The number of rotatable bonds is 8. The van der Waals surface area contributed by atoms with Crippen LogP contribution in [0.1, 0.15) is 54.8 Å². The lowest BCUT2D eigenvalue weighted by Crippen LogP contribution is -2.13. The fourth-order valence-electron chi connectivity index (χ4n) is 3.43. The molecule has 0 saturated carbocycles. The molecule has 0 aliphatic heterocycles. The summed E-state index contributed by atoms with van der Waals surface area (Å²) >= 11 is 13.7. The van der Waals surface area contributed by atoms with E-state index in [2.05, 4.69) is 54.1 Å². The minimum absolute atomic E-state index is 0.0617. The normalized spacial score (nSPS) is 13.3. The Bertz CT molecular complexity index is 947. The predicted octanol–water partition coefficient (Wildman–Crippen LogP) is 7.22. The minimum atomic E-state index is 0.0617. The van der Waals surface area contributed by atoms with Gasteiger partial charge in [0.2, 0.25) is 0 Å². The first kappa shape index (κ1) is 22.1. The maximum Gasteiger partial charge on any atom is 0.148 e. The van der Waals surface area contributed by atoms with E-state index in [1.165, 1.54) is 28.5 Å². The third-order valence-electron chi connectivity index (χ3n) is 5.16. The first-order chi connectivity index (χ1) is 14.0. The second kappa shape index (κ2) is 10.4. The zero-order valence-corrected chi connectivity index (χ0v) is 18.9. The van der Waals surface area contributed by atoms with Gasteiger partial charge in [-0.2, -0.15) is 0 Å². The van der Waals surface area contributed by atoms with Gasteiger partial charge < -0.3 is 5.73 Å². The summed E-state index contributed by atoms with van der Waals surface area (Å²) in [6, 6.07) is 14.5. The lowest BCUT2D eigenvalue weighted by molar-refractivity contribution is 0.522. The van der Waals surface area contributed by atoms with Gasteiger partial charge in [0.15, 0.2) is 0 Å². The SMILES string of the molecule is CC[C@H](CC[C@@H](N)c1ccccc1C)c1ccc(Sc2ccnc(Cl)c2Cl)nc1. The second-order valence-electron chi connectivity index (χ2n) is 7.09. The Morgan fingerprint density at radius 1 is 1.03 bits per heavy atom. The average molecular weight is 446 g/mol. The van der Waals surface area contributed by atoms with Crippen molar-refractivity contribution in [2.24, 2.45) is 5.73 Å². The smallest absolute Gasteiger partial charge is 0.148 e. The number of halogens is 2. The molecular formula is C23H25Cl2N3S. The summed E-state index contributed by atoms with van der Waals surface area (Å²) in [6.45, 7) is 4.33. The van der Waals surface area contributed by atoms with Crippen LogP contribution in [0.5, 0.6) is 0 Å². The summed E-state index contributed by atoms with van der Waals surface area (Å²) < 4.78 is 0. The number of benzene rings is 1. The monoisotopic (exact) mass is 445 g/mol. The van der Waals surface area contributed by atoms with Gasteiger partial charge >= 0.3 is 0 Å². The Morgan fingerprint density at radius 2 is 1.83 bits per heavy atom. The number of hydrogen-bond acceptors (Lipinski definition) is 4. The maximum absolute atomic E-state index is 6.47. The fourth-order valence-corrected chi connectivity index (χ4v) is 4.66. The number of nitrogens with zero attached hydrogens (tertiary/aromatic N) is 2. The molecule has 29 heavy (non-hydrogen) atoms. The molecule has 0 unspecified atom stereocenters. The van der Waals surface area contributed by atoms with Crippen LogP contribution in [0, 0.1) is 6.92 Å². The highest BCUT2D eigenvalue weighted by Gasteiger charge is 2.15. The van der Waals surface area contributed by atoms with Crippen molar-refractivity contribution in [3.8, 4) is 0 Å². The fraction of sp³-hybridized carbons (Fsp3) is 0.304. The van der Waals surface area contributed by atoms with Crippen LogP contribution in [0.4, 0.5) is 0 Å². The molecule has 0 bridgehead atoms. The van der Waals surface area contributed by atoms with Crippen molar-refractivity contribution in [3.63, 3.8) is 0 Å². The second-order valence-corrected chi connectivity index (χ2v) is 8.89. The van der Waals surface area contributed by atoms with Crippen LogP contribution in [-0.4, -0.2) is 9.97 Å². The highest BCUT2D eigenvalue weighted by molar-refractivity contribution is 7.99. The number of nitrogens with two attached hydrogens (primary N) is 1. The topological polar surface area (TPSA) is 51.8 Å². The Labute approximate surface area is 187 Å². The molecule has 2 heterocycles. The zero-order chi connectivity index (χ0) is 20.8. The summed E-state index contributed by atoms with van der Waals surface area (Å²) in [5.41, 5.74) is 10.2. The largest absolute Gasteiger partial charge is 0.324 e. The van der Waals surface area contributed by atoms with E-state index in [1.807, 2.05) is 18.3 Å². The van der Waals surface area contributed by atoms with Gasteiger partial charge in [-0.3, -0.25) is 0 Å². The molecule has 2 atom stereocenters. The van der Waals surface area contributed by atoms with E-state index in [0.717, 1.165) is 29.2 Å². The van der Waals surface area contributed by atoms with Gasteiger partial charge in [-0.1, -0.05) is 72.2 Å². The first-order valence-electron chi connectivity index (χ1n) is 9.74. The summed E-state index contributed by atoms with van der Waals surface area (Å²) in [7, 11) is 0. The van der Waals surface area contributed by atoms with E-state index in [9.17, 15) is 0 Å². The zero-order valence-electron chi connectivity index (χ0n) is 16.6. The number of aromatic nitrogens is 2. The Kier molecular flexibility index (Phi) is 7.96. The minimum Gasteiger partial charge on any atom is -0.324 e. The van der Waals surface area contributed by atoms with Crippen molar-refractivity contribution in [3.05, 3.63) is 81.7 Å². The molecule has 0 aliphatic rings. The van der Waals surface area contributed by atoms with E-state index in [0.29, 0.717) is 16.1 Å². The molecule has 1 aromatic carbocycles. The number of pyridine rings is 2. The summed E-state index contributed by atoms with van der Waals surface area (Å²) in [6.07, 6.45) is 6.65. The Morgan fingerprint density at radius 3 is 2.52 bits per heavy atom. The van der Waals surface area contributed by atoms with E-state index < -0.39 is 0 Å². The lowest BCUT2D eigenvalue weighted by Gasteiger charge is -2.19. The molecule has 152 valence electrons. The molecule has 2 N–H and O–H groups in total. The van der Waals surface area contributed by atoms with Crippen LogP contribution in [-0.2, 0) is 0 Å². The van der Waals surface area contributed by atoms with E-state index in [-0.39, 0.29) is 6.04 Å². The lowest BCUT2D eigenvalue weighted by atomic mass is 9.89. The number of aryl methyl sites for hydroxylation is 1. The highest BCUT2D eigenvalue weighted by atomic mass is 35.5. The molecule has 3 rings (SSSR count). The first-order valence-corrected chi connectivity index (χ1v) is 11.3. The summed E-state index contributed by atoms with van der Waals surface area (Å²) in [5.74, 6) is 0.440. The number of hydrogen-bond donors (Lipinski definition) is 1. The van der Waals surface area contributed by atoms with Crippen molar-refractivity contribution in [1.82, 2.24) is 9.97 Å². The molecule has 0 saturated heterocycles. The summed E-state index contributed by atoms with van der Waals surface area (Å²) in [4.78, 5) is 9.45. The predicted molar refractivity (Wildman–Crippen MR) is 123 cm³/mol. The van der Waals surface area contributed by atoms with Gasteiger partial charge in [-0.25, -0.2) is 9.97 Å². The summed E-state index contributed by atoms with van der Waals surface area (Å²) in [5, 5.41) is 1.65. The van der Waals surface area contributed by atoms with Crippen molar-refractivity contribution in [1.29, 1.82) is 0 Å². The molecule has 2 aromatic heterocycles. The van der Waals surface area contributed by atoms with Crippen LogP contribution in [0.3, 0.4) is 0 Å². The van der Waals surface area contributed by atoms with E-state index in [4.69, 9.17) is 28.9 Å². The standard InChI is InChI=1S/C23H25Cl2N3S/c1-3-16(8-10-19(26)18-7-5-4-6-15(18)2)17-9-11-21(28-14-17)29-20-12-13-27-23(25)22(20)24/h4-7,9,11-14,16,19H,3,8,10,26H2,1-2H3/t16-,19-/m1/s1. The van der Waals surface area contributed by atoms with Gasteiger partial charge in [0.25, 0.3) is 0 Å². The van der Waals surface area contributed by atoms with Crippen molar-refractivity contribution < 1.29 is 0 Å². The van der Waals surface area contributed by atoms with E-state index >= 15 is 0 Å². The van der Waals surface area contributed by atoms with Gasteiger partial charge in [-0.15, -0.1) is 0 Å². The molecule has 0 fully saturated rings. The van der Waals surface area contributed by atoms with Gasteiger partial charge in [0, 0.05) is 23.3 Å². The maximum atomic E-state index is 6.47. The molecular weight excluding hydrogens is 421 g/mol. The molecule has 0 amide bonds. The van der Waals surface area contributed by atoms with Crippen LogP contribution in [0.25, 0.3) is 0 Å². The van der Waals surface area contributed by atoms with Crippen molar-refractivity contribution in [2.45, 2.75) is 55.0 Å². The van der Waals surface area contributed by atoms with Gasteiger partial charge in [0.05, 0.1) is 5.02 Å². The molecule has 0 radical (unpaired) electrons. The van der Waals surface area contributed by atoms with Gasteiger partial charge in [-0.05, 0) is 60.9 Å².